The molecule has 0 N–H and O–H groups in total. The zero-order chi connectivity index (χ0) is 17.6. The SMILES string of the molecule is Cc1ccc(N=Cc2cc(Cl)ccc2OCc2ccccc2Cl)cc1. The van der Waals surface area contributed by atoms with Crippen LogP contribution in [-0.2, 0) is 6.61 Å². The van der Waals surface area contributed by atoms with Gasteiger partial charge in [-0.25, -0.2) is 0 Å². The molecule has 3 aromatic carbocycles. The Hall–Kier alpha value is -2.29. The molecule has 2 nitrogen and oxygen atoms in total. The first kappa shape index (κ1) is 17.5. The lowest BCUT2D eigenvalue weighted by molar-refractivity contribution is 0.306. The first-order valence-electron chi connectivity index (χ1n) is 7.88. The Balaban J connectivity index is 1.80. The molecule has 0 unspecified atom stereocenters. The van der Waals surface area contributed by atoms with Gasteiger partial charge < -0.3 is 4.74 Å². The molecule has 0 aromatic heterocycles. The number of ether oxygens (including phenoxy) is 1. The summed E-state index contributed by atoms with van der Waals surface area (Å²) in [7, 11) is 0. The highest BCUT2D eigenvalue weighted by molar-refractivity contribution is 6.31. The molecule has 126 valence electrons. The standard InChI is InChI=1S/C21H17Cl2NO/c1-15-6-9-19(10-7-15)24-13-17-12-18(22)8-11-21(17)25-14-16-4-2-3-5-20(16)23/h2-13H,14H2,1H3. The highest BCUT2D eigenvalue weighted by Gasteiger charge is 2.05. The second kappa shape index (κ2) is 8.19. The third-order valence-electron chi connectivity index (χ3n) is 3.70. The van der Waals surface area contributed by atoms with Crippen LogP contribution in [0.25, 0.3) is 0 Å². The summed E-state index contributed by atoms with van der Waals surface area (Å²) in [6.07, 6.45) is 1.76. The van der Waals surface area contributed by atoms with Crippen molar-refractivity contribution in [3.05, 3.63) is 93.5 Å². The molecule has 0 saturated carbocycles. The molecule has 0 atom stereocenters. The van der Waals surface area contributed by atoms with Crippen LogP contribution in [0.2, 0.25) is 10.0 Å². The third kappa shape index (κ3) is 4.85. The van der Waals surface area contributed by atoms with Gasteiger partial charge in [-0.05, 0) is 43.3 Å². The number of halogens is 2. The Morgan fingerprint density at radius 1 is 0.960 bits per heavy atom. The third-order valence-corrected chi connectivity index (χ3v) is 4.30. The molecule has 3 aromatic rings. The Labute approximate surface area is 157 Å². The van der Waals surface area contributed by atoms with E-state index in [1.165, 1.54) is 5.56 Å². The molecular formula is C21H17Cl2NO. The predicted molar refractivity (Wildman–Crippen MR) is 106 cm³/mol. The van der Waals surface area contributed by atoms with Crippen LogP contribution >= 0.6 is 23.2 Å². The highest BCUT2D eigenvalue weighted by atomic mass is 35.5. The lowest BCUT2D eigenvalue weighted by atomic mass is 10.2. The number of hydrogen-bond acceptors (Lipinski definition) is 2. The summed E-state index contributed by atoms with van der Waals surface area (Å²) in [6.45, 7) is 2.43. The zero-order valence-electron chi connectivity index (χ0n) is 13.7. The number of aliphatic imine (C=N–C) groups is 1. The molecule has 3 rings (SSSR count). The second-order valence-corrected chi connectivity index (χ2v) is 6.50. The molecule has 0 radical (unpaired) electrons. The molecule has 0 heterocycles. The average Bonchev–Trinajstić information content (AvgIpc) is 2.62. The fourth-order valence-corrected chi connectivity index (χ4v) is 2.67. The lowest BCUT2D eigenvalue weighted by Crippen LogP contribution is -1.99. The Morgan fingerprint density at radius 2 is 1.72 bits per heavy atom. The maximum Gasteiger partial charge on any atom is 0.128 e. The number of aryl methyl sites for hydroxylation is 1. The highest BCUT2D eigenvalue weighted by Crippen LogP contribution is 2.25. The fraction of sp³-hybridized carbons (Fsp3) is 0.0952. The van der Waals surface area contributed by atoms with Gasteiger partial charge in [0.2, 0.25) is 0 Å². The summed E-state index contributed by atoms with van der Waals surface area (Å²) in [5.74, 6) is 0.709. The number of rotatable bonds is 5. The van der Waals surface area contributed by atoms with E-state index < -0.39 is 0 Å². The van der Waals surface area contributed by atoms with E-state index in [9.17, 15) is 0 Å². The van der Waals surface area contributed by atoms with Gasteiger partial charge in [-0.1, -0.05) is 59.1 Å². The van der Waals surface area contributed by atoms with Gasteiger partial charge >= 0.3 is 0 Å². The summed E-state index contributed by atoms with van der Waals surface area (Å²) >= 11 is 12.3. The summed E-state index contributed by atoms with van der Waals surface area (Å²) in [6, 6.07) is 21.1. The van der Waals surface area contributed by atoms with E-state index in [1.807, 2.05) is 67.6 Å². The fourth-order valence-electron chi connectivity index (χ4n) is 2.30. The van der Waals surface area contributed by atoms with Crippen LogP contribution in [0.15, 0.2) is 71.7 Å². The molecule has 0 aliphatic rings. The van der Waals surface area contributed by atoms with Crippen molar-refractivity contribution in [2.24, 2.45) is 4.99 Å². The average molecular weight is 370 g/mol. The number of benzene rings is 3. The van der Waals surface area contributed by atoms with Crippen molar-refractivity contribution in [3.63, 3.8) is 0 Å². The normalized spacial score (nSPS) is 11.0. The van der Waals surface area contributed by atoms with Gasteiger partial charge in [-0.2, -0.15) is 0 Å². The smallest absolute Gasteiger partial charge is 0.128 e. The van der Waals surface area contributed by atoms with Gasteiger partial charge in [-0.3, -0.25) is 4.99 Å². The number of hydrogen-bond donors (Lipinski definition) is 0. The second-order valence-electron chi connectivity index (χ2n) is 5.66. The van der Waals surface area contributed by atoms with Crippen molar-refractivity contribution in [1.29, 1.82) is 0 Å². The first-order chi connectivity index (χ1) is 12.1. The van der Waals surface area contributed by atoms with Crippen molar-refractivity contribution in [3.8, 4) is 5.75 Å². The van der Waals surface area contributed by atoms with Crippen LogP contribution in [0.3, 0.4) is 0 Å². The van der Waals surface area contributed by atoms with Gasteiger partial charge in [-0.15, -0.1) is 0 Å². The summed E-state index contributed by atoms with van der Waals surface area (Å²) in [5.41, 5.74) is 3.83. The van der Waals surface area contributed by atoms with Gasteiger partial charge in [0.25, 0.3) is 0 Å². The van der Waals surface area contributed by atoms with Crippen molar-refractivity contribution in [2.75, 3.05) is 0 Å². The topological polar surface area (TPSA) is 21.6 Å². The monoisotopic (exact) mass is 369 g/mol. The van der Waals surface area contributed by atoms with Gasteiger partial charge in [0.05, 0.1) is 5.69 Å². The van der Waals surface area contributed by atoms with Gasteiger partial charge in [0.15, 0.2) is 0 Å². The molecule has 0 fully saturated rings. The molecular weight excluding hydrogens is 353 g/mol. The maximum atomic E-state index is 6.18. The summed E-state index contributed by atoms with van der Waals surface area (Å²) < 4.78 is 5.93. The molecule has 0 bridgehead atoms. The van der Waals surface area contributed by atoms with Crippen molar-refractivity contribution >= 4 is 35.1 Å². The van der Waals surface area contributed by atoms with Crippen LogP contribution in [0.4, 0.5) is 5.69 Å². The van der Waals surface area contributed by atoms with Crippen LogP contribution in [-0.4, -0.2) is 6.21 Å². The minimum atomic E-state index is 0.382. The maximum absolute atomic E-state index is 6.18. The van der Waals surface area contributed by atoms with E-state index in [4.69, 9.17) is 27.9 Å². The molecule has 0 saturated heterocycles. The molecule has 0 spiro atoms. The van der Waals surface area contributed by atoms with Crippen LogP contribution in [0.1, 0.15) is 16.7 Å². The zero-order valence-corrected chi connectivity index (χ0v) is 15.3. The Morgan fingerprint density at radius 3 is 2.48 bits per heavy atom. The van der Waals surface area contributed by atoms with E-state index in [1.54, 1.807) is 12.3 Å². The van der Waals surface area contributed by atoms with Crippen molar-refractivity contribution in [1.82, 2.24) is 0 Å². The minimum Gasteiger partial charge on any atom is -0.488 e. The predicted octanol–water partition coefficient (Wildman–Crippen LogP) is 6.63. The van der Waals surface area contributed by atoms with E-state index in [0.29, 0.717) is 22.4 Å². The van der Waals surface area contributed by atoms with E-state index >= 15 is 0 Å². The minimum absolute atomic E-state index is 0.382. The van der Waals surface area contributed by atoms with Crippen molar-refractivity contribution in [2.45, 2.75) is 13.5 Å². The molecule has 0 aliphatic heterocycles. The van der Waals surface area contributed by atoms with E-state index in [2.05, 4.69) is 4.99 Å². The van der Waals surface area contributed by atoms with E-state index in [0.717, 1.165) is 16.8 Å². The van der Waals surface area contributed by atoms with Gasteiger partial charge in [0.1, 0.15) is 12.4 Å². The molecule has 0 amide bonds. The Bertz CT molecular complexity index is 889. The molecule has 25 heavy (non-hydrogen) atoms. The van der Waals surface area contributed by atoms with Crippen molar-refractivity contribution < 1.29 is 4.74 Å². The number of nitrogens with zero attached hydrogens (tertiary/aromatic N) is 1. The van der Waals surface area contributed by atoms with E-state index in [-0.39, 0.29) is 0 Å². The summed E-state index contributed by atoms with van der Waals surface area (Å²) in [4.78, 5) is 4.50. The largest absolute Gasteiger partial charge is 0.488 e. The molecule has 0 aliphatic carbocycles. The molecule has 4 heteroatoms. The Kier molecular flexibility index (Phi) is 5.75. The quantitative estimate of drug-likeness (QED) is 0.462. The first-order valence-corrected chi connectivity index (χ1v) is 8.64. The van der Waals surface area contributed by atoms with Crippen LogP contribution in [0.5, 0.6) is 5.75 Å². The van der Waals surface area contributed by atoms with Crippen LogP contribution < -0.4 is 4.74 Å². The lowest BCUT2D eigenvalue weighted by Gasteiger charge is -2.10. The van der Waals surface area contributed by atoms with Crippen LogP contribution in [0, 0.1) is 6.92 Å². The summed E-state index contributed by atoms with van der Waals surface area (Å²) in [5, 5.41) is 1.32. The van der Waals surface area contributed by atoms with Gasteiger partial charge in [0, 0.05) is 27.4 Å².